The molecule has 2 aromatic carbocycles. The molecule has 3 N–H and O–H groups in total. The molecule has 0 aliphatic rings. The number of benzene rings is 2. The standard InChI is InChI=1S/C16H20N2O2S/c1-11-4-6-14(7-5-11)13(3)18-21(19,20)15-8-9-16(17)12(2)10-15/h4-10,13,18H,17H2,1-3H3. The predicted molar refractivity (Wildman–Crippen MR) is 85.5 cm³/mol. The van der Waals surface area contributed by atoms with Gasteiger partial charge in [0.15, 0.2) is 0 Å². The maximum Gasteiger partial charge on any atom is 0.241 e. The second-order valence-electron chi connectivity index (χ2n) is 5.27. The van der Waals surface area contributed by atoms with Crippen LogP contribution in [0.25, 0.3) is 0 Å². The number of aryl methyl sites for hydroxylation is 2. The normalized spacial score (nSPS) is 13.1. The van der Waals surface area contributed by atoms with Crippen molar-refractivity contribution in [2.24, 2.45) is 0 Å². The lowest BCUT2D eigenvalue weighted by Gasteiger charge is -2.15. The van der Waals surface area contributed by atoms with Crippen LogP contribution in [0.4, 0.5) is 5.69 Å². The Bertz CT molecular complexity index is 737. The molecule has 0 saturated carbocycles. The van der Waals surface area contributed by atoms with E-state index in [1.807, 2.05) is 38.1 Å². The molecule has 112 valence electrons. The molecule has 0 bridgehead atoms. The molecule has 21 heavy (non-hydrogen) atoms. The fraction of sp³-hybridized carbons (Fsp3) is 0.250. The zero-order valence-corrected chi connectivity index (χ0v) is 13.2. The molecule has 0 aliphatic carbocycles. The van der Waals surface area contributed by atoms with Gasteiger partial charge in [0.1, 0.15) is 0 Å². The van der Waals surface area contributed by atoms with Crippen molar-refractivity contribution in [3.05, 3.63) is 59.2 Å². The molecule has 0 aromatic heterocycles. The van der Waals surface area contributed by atoms with Crippen LogP contribution in [0, 0.1) is 13.8 Å². The number of nitrogen functional groups attached to an aromatic ring is 1. The van der Waals surface area contributed by atoms with E-state index in [0.29, 0.717) is 5.69 Å². The minimum Gasteiger partial charge on any atom is -0.399 e. The third kappa shape index (κ3) is 3.62. The van der Waals surface area contributed by atoms with Gasteiger partial charge in [-0.3, -0.25) is 0 Å². The van der Waals surface area contributed by atoms with E-state index in [-0.39, 0.29) is 10.9 Å². The predicted octanol–water partition coefficient (Wildman–Crippen LogP) is 2.93. The fourth-order valence-corrected chi connectivity index (χ4v) is 3.36. The molecule has 5 heteroatoms. The zero-order chi connectivity index (χ0) is 15.6. The van der Waals surface area contributed by atoms with Crippen molar-refractivity contribution in [2.45, 2.75) is 31.7 Å². The fourth-order valence-electron chi connectivity index (χ4n) is 2.04. The minimum atomic E-state index is -3.56. The topological polar surface area (TPSA) is 72.2 Å². The van der Waals surface area contributed by atoms with E-state index in [9.17, 15) is 8.42 Å². The van der Waals surface area contributed by atoms with Gasteiger partial charge < -0.3 is 5.73 Å². The van der Waals surface area contributed by atoms with Crippen LogP contribution in [-0.2, 0) is 10.0 Å². The molecular weight excluding hydrogens is 284 g/mol. The van der Waals surface area contributed by atoms with Crippen molar-refractivity contribution in [1.29, 1.82) is 0 Å². The minimum absolute atomic E-state index is 0.230. The maximum absolute atomic E-state index is 12.4. The summed E-state index contributed by atoms with van der Waals surface area (Å²) in [5.41, 5.74) is 9.13. The van der Waals surface area contributed by atoms with Crippen LogP contribution in [-0.4, -0.2) is 8.42 Å². The lowest BCUT2D eigenvalue weighted by molar-refractivity contribution is 0.567. The van der Waals surface area contributed by atoms with Crippen LogP contribution in [0.3, 0.4) is 0 Å². The molecule has 0 radical (unpaired) electrons. The van der Waals surface area contributed by atoms with Crippen LogP contribution < -0.4 is 10.5 Å². The molecule has 1 unspecified atom stereocenters. The largest absolute Gasteiger partial charge is 0.399 e. The summed E-state index contributed by atoms with van der Waals surface area (Å²) >= 11 is 0. The average Bonchev–Trinajstić information content (AvgIpc) is 2.42. The summed E-state index contributed by atoms with van der Waals surface area (Å²) in [6.07, 6.45) is 0. The third-order valence-electron chi connectivity index (χ3n) is 3.46. The number of nitrogens with one attached hydrogen (secondary N) is 1. The molecule has 4 nitrogen and oxygen atoms in total. The van der Waals surface area contributed by atoms with Gasteiger partial charge in [0, 0.05) is 11.7 Å². The molecule has 2 aromatic rings. The summed E-state index contributed by atoms with van der Waals surface area (Å²) in [6.45, 7) is 5.61. The number of anilines is 1. The highest BCUT2D eigenvalue weighted by atomic mass is 32.2. The molecule has 0 heterocycles. The van der Waals surface area contributed by atoms with Gasteiger partial charge in [0.25, 0.3) is 0 Å². The highest BCUT2D eigenvalue weighted by Crippen LogP contribution is 2.20. The van der Waals surface area contributed by atoms with Crippen LogP contribution in [0.15, 0.2) is 47.4 Å². The van der Waals surface area contributed by atoms with Gasteiger partial charge in [0.05, 0.1) is 4.90 Å². The molecule has 0 aliphatic heterocycles. The van der Waals surface area contributed by atoms with Crippen molar-refractivity contribution in [3.8, 4) is 0 Å². The lowest BCUT2D eigenvalue weighted by Crippen LogP contribution is -2.27. The van der Waals surface area contributed by atoms with E-state index < -0.39 is 10.0 Å². The monoisotopic (exact) mass is 304 g/mol. The zero-order valence-electron chi connectivity index (χ0n) is 12.4. The van der Waals surface area contributed by atoms with E-state index in [1.165, 1.54) is 6.07 Å². The summed E-state index contributed by atoms with van der Waals surface area (Å²) < 4.78 is 27.5. The van der Waals surface area contributed by atoms with Crippen LogP contribution in [0.1, 0.15) is 29.7 Å². The van der Waals surface area contributed by atoms with Gasteiger partial charge in [-0.15, -0.1) is 0 Å². The summed E-state index contributed by atoms with van der Waals surface area (Å²) in [6, 6.07) is 12.2. The molecular formula is C16H20N2O2S. The third-order valence-corrected chi connectivity index (χ3v) is 5.00. The first kappa shape index (κ1) is 15.5. The Morgan fingerprint density at radius 3 is 2.24 bits per heavy atom. The number of rotatable bonds is 4. The van der Waals surface area contributed by atoms with E-state index in [0.717, 1.165) is 16.7 Å². The van der Waals surface area contributed by atoms with E-state index in [1.54, 1.807) is 19.1 Å². The van der Waals surface area contributed by atoms with Gasteiger partial charge in [0.2, 0.25) is 10.0 Å². The highest BCUT2D eigenvalue weighted by molar-refractivity contribution is 7.89. The van der Waals surface area contributed by atoms with Crippen molar-refractivity contribution < 1.29 is 8.42 Å². The molecule has 0 spiro atoms. The summed E-state index contributed by atoms with van der Waals surface area (Å²) in [5.74, 6) is 0. The first-order chi connectivity index (χ1) is 9.79. The molecule has 0 fully saturated rings. The maximum atomic E-state index is 12.4. The summed E-state index contributed by atoms with van der Waals surface area (Å²) in [4.78, 5) is 0.230. The lowest BCUT2D eigenvalue weighted by atomic mass is 10.1. The van der Waals surface area contributed by atoms with Crippen molar-refractivity contribution in [3.63, 3.8) is 0 Å². The molecule has 2 rings (SSSR count). The Labute approximate surface area is 126 Å². The smallest absolute Gasteiger partial charge is 0.241 e. The Kier molecular flexibility index (Phi) is 4.34. The first-order valence-corrected chi connectivity index (χ1v) is 8.23. The van der Waals surface area contributed by atoms with Gasteiger partial charge in [-0.05, 0) is 50.1 Å². The van der Waals surface area contributed by atoms with Crippen molar-refractivity contribution in [1.82, 2.24) is 4.72 Å². The van der Waals surface area contributed by atoms with Gasteiger partial charge in [-0.25, -0.2) is 13.1 Å². The molecule has 1 atom stereocenters. The number of hydrogen-bond donors (Lipinski definition) is 2. The van der Waals surface area contributed by atoms with Crippen molar-refractivity contribution in [2.75, 3.05) is 5.73 Å². The van der Waals surface area contributed by atoms with Crippen LogP contribution in [0.2, 0.25) is 0 Å². The van der Waals surface area contributed by atoms with Gasteiger partial charge in [-0.1, -0.05) is 29.8 Å². The Morgan fingerprint density at radius 1 is 1.05 bits per heavy atom. The Hall–Kier alpha value is -1.85. The van der Waals surface area contributed by atoms with Gasteiger partial charge >= 0.3 is 0 Å². The van der Waals surface area contributed by atoms with E-state index in [2.05, 4.69) is 4.72 Å². The van der Waals surface area contributed by atoms with E-state index >= 15 is 0 Å². The van der Waals surface area contributed by atoms with E-state index in [4.69, 9.17) is 5.73 Å². The van der Waals surface area contributed by atoms with Crippen LogP contribution in [0.5, 0.6) is 0 Å². The van der Waals surface area contributed by atoms with Gasteiger partial charge in [-0.2, -0.15) is 0 Å². The highest BCUT2D eigenvalue weighted by Gasteiger charge is 2.18. The Balaban J connectivity index is 2.24. The van der Waals surface area contributed by atoms with Crippen molar-refractivity contribution >= 4 is 15.7 Å². The van der Waals surface area contributed by atoms with Crippen LogP contribution >= 0.6 is 0 Å². The average molecular weight is 304 g/mol. The second-order valence-corrected chi connectivity index (χ2v) is 6.99. The summed E-state index contributed by atoms with van der Waals surface area (Å²) in [7, 11) is -3.56. The quantitative estimate of drug-likeness (QED) is 0.853. The molecule has 0 amide bonds. The second kappa shape index (κ2) is 5.87. The first-order valence-electron chi connectivity index (χ1n) is 6.74. The number of sulfonamides is 1. The Morgan fingerprint density at radius 2 is 1.67 bits per heavy atom. The number of hydrogen-bond acceptors (Lipinski definition) is 3. The summed E-state index contributed by atoms with van der Waals surface area (Å²) in [5, 5.41) is 0. The SMILES string of the molecule is Cc1ccc(C(C)NS(=O)(=O)c2ccc(N)c(C)c2)cc1. The molecule has 0 saturated heterocycles. The number of nitrogens with two attached hydrogens (primary N) is 1.